The largest absolute Gasteiger partial charge is 0.355 e. The minimum atomic E-state index is 0.292. The molecular weight excluding hydrogens is 150 g/mol. The zero-order valence-electron chi connectivity index (χ0n) is 8.23. The number of imidazole rings is 1. The van der Waals surface area contributed by atoms with Crippen LogP contribution in [0.2, 0.25) is 0 Å². The van der Waals surface area contributed by atoms with Crippen LogP contribution in [0.4, 0.5) is 5.95 Å². The van der Waals surface area contributed by atoms with E-state index in [1.807, 2.05) is 13.1 Å². The van der Waals surface area contributed by atoms with Crippen LogP contribution in [0.3, 0.4) is 0 Å². The number of nitrogens with one attached hydrogen (secondary N) is 2. The number of hydrogen-bond acceptors (Lipinski definition) is 2. The average molecular weight is 167 g/mol. The molecule has 0 fully saturated rings. The molecule has 0 saturated carbocycles. The summed E-state index contributed by atoms with van der Waals surface area (Å²) in [5.41, 5.74) is 1.38. The molecule has 2 N–H and O–H groups in total. The second-order valence-electron chi connectivity index (χ2n) is 4.33. The van der Waals surface area contributed by atoms with E-state index in [-0.39, 0.29) is 0 Å². The Morgan fingerprint density at radius 1 is 1.50 bits per heavy atom. The molecule has 0 aromatic carbocycles. The summed E-state index contributed by atoms with van der Waals surface area (Å²) in [4.78, 5) is 7.28. The van der Waals surface area contributed by atoms with Crippen LogP contribution in [0, 0.1) is 12.3 Å². The van der Waals surface area contributed by atoms with E-state index in [2.05, 4.69) is 36.1 Å². The zero-order valence-corrected chi connectivity index (χ0v) is 8.23. The van der Waals surface area contributed by atoms with Gasteiger partial charge in [-0.1, -0.05) is 20.8 Å². The van der Waals surface area contributed by atoms with Crippen molar-refractivity contribution in [2.75, 3.05) is 11.9 Å². The van der Waals surface area contributed by atoms with Gasteiger partial charge in [-0.05, 0) is 12.3 Å². The number of H-pyrrole nitrogens is 1. The lowest BCUT2D eigenvalue weighted by molar-refractivity contribution is 0.442. The first-order valence-corrected chi connectivity index (χ1v) is 4.23. The van der Waals surface area contributed by atoms with Crippen molar-refractivity contribution in [1.29, 1.82) is 0 Å². The maximum atomic E-state index is 4.15. The highest BCUT2D eigenvalue weighted by Gasteiger charge is 2.09. The van der Waals surface area contributed by atoms with Crippen LogP contribution in [0.15, 0.2) is 6.20 Å². The van der Waals surface area contributed by atoms with Crippen molar-refractivity contribution in [3.05, 3.63) is 11.9 Å². The summed E-state index contributed by atoms with van der Waals surface area (Å²) in [7, 11) is 0. The highest BCUT2D eigenvalue weighted by atomic mass is 15.1. The Morgan fingerprint density at radius 3 is 2.58 bits per heavy atom. The van der Waals surface area contributed by atoms with Crippen LogP contribution in [-0.2, 0) is 0 Å². The van der Waals surface area contributed by atoms with Crippen molar-refractivity contribution in [3.63, 3.8) is 0 Å². The molecular formula is C9H17N3. The van der Waals surface area contributed by atoms with Gasteiger partial charge in [-0.2, -0.15) is 0 Å². The maximum absolute atomic E-state index is 4.15. The van der Waals surface area contributed by atoms with Crippen molar-refractivity contribution in [2.45, 2.75) is 27.7 Å². The molecule has 3 heteroatoms. The minimum Gasteiger partial charge on any atom is -0.355 e. The predicted molar refractivity (Wildman–Crippen MR) is 51.3 cm³/mol. The first-order valence-electron chi connectivity index (χ1n) is 4.23. The molecule has 68 valence electrons. The first kappa shape index (κ1) is 9.10. The fraction of sp³-hybridized carbons (Fsp3) is 0.667. The summed E-state index contributed by atoms with van der Waals surface area (Å²) in [5, 5.41) is 3.24. The Bertz CT molecular complexity index is 245. The zero-order chi connectivity index (χ0) is 9.19. The fourth-order valence-electron chi connectivity index (χ4n) is 0.851. The normalized spacial score (nSPS) is 11.7. The molecule has 0 saturated heterocycles. The number of anilines is 1. The molecule has 1 heterocycles. The van der Waals surface area contributed by atoms with Crippen LogP contribution < -0.4 is 5.32 Å². The number of nitrogens with zero attached hydrogens (tertiary/aromatic N) is 1. The van der Waals surface area contributed by atoms with Crippen molar-refractivity contribution in [3.8, 4) is 0 Å². The lowest BCUT2D eigenvalue weighted by atomic mass is 9.97. The van der Waals surface area contributed by atoms with Gasteiger partial charge in [0.25, 0.3) is 0 Å². The molecule has 1 rings (SSSR count). The van der Waals surface area contributed by atoms with E-state index in [9.17, 15) is 0 Å². The third kappa shape index (κ3) is 2.95. The van der Waals surface area contributed by atoms with Gasteiger partial charge in [0, 0.05) is 18.4 Å². The van der Waals surface area contributed by atoms with Crippen molar-refractivity contribution in [2.24, 2.45) is 5.41 Å². The standard InChI is InChI=1S/C9H17N3/c1-7-5-10-8(12-7)11-6-9(2,3)4/h5H,6H2,1-4H3,(H2,10,11,12). The second kappa shape index (κ2) is 3.17. The van der Waals surface area contributed by atoms with Gasteiger partial charge < -0.3 is 10.3 Å². The van der Waals surface area contributed by atoms with E-state index in [4.69, 9.17) is 0 Å². The van der Waals surface area contributed by atoms with E-state index in [1.165, 1.54) is 0 Å². The van der Waals surface area contributed by atoms with Crippen molar-refractivity contribution in [1.82, 2.24) is 9.97 Å². The Labute approximate surface area is 73.6 Å². The van der Waals surface area contributed by atoms with Gasteiger partial charge in [-0.3, -0.25) is 0 Å². The van der Waals surface area contributed by atoms with Crippen LogP contribution in [-0.4, -0.2) is 16.5 Å². The number of hydrogen-bond donors (Lipinski definition) is 2. The molecule has 0 atom stereocenters. The van der Waals surface area contributed by atoms with Crippen molar-refractivity contribution < 1.29 is 0 Å². The van der Waals surface area contributed by atoms with Gasteiger partial charge in [-0.15, -0.1) is 0 Å². The molecule has 0 bridgehead atoms. The lowest BCUT2D eigenvalue weighted by Crippen LogP contribution is -2.19. The summed E-state index contributed by atoms with van der Waals surface area (Å²) in [6.45, 7) is 9.50. The highest BCUT2D eigenvalue weighted by molar-refractivity contribution is 5.25. The second-order valence-corrected chi connectivity index (χ2v) is 4.33. The van der Waals surface area contributed by atoms with E-state index in [0.717, 1.165) is 18.2 Å². The summed E-state index contributed by atoms with van der Waals surface area (Å²) in [6.07, 6.45) is 1.82. The van der Waals surface area contributed by atoms with E-state index >= 15 is 0 Å². The minimum absolute atomic E-state index is 0.292. The van der Waals surface area contributed by atoms with E-state index in [1.54, 1.807) is 0 Å². The monoisotopic (exact) mass is 167 g/mol. The third-order valence-corrected chi connectivity index (χ3v) is 1.49. The first-order chi connectivity index (χ1) is 5.47. The third-order valence-electron chi connectivity index (χ3n) is 1.49. The highest BCUT2D eigenvalue weighted by Crippen LogP contribution is 2.13. The number of aryl methyl sites for hydroxylation is 1. The SMILES string of the molecule is Cc1cnc(NCC(C)(C)C)[nH]1. The van der Waals surface area contributed by atoms with Crippen molar-refractivity contribution >= 4 is 5.95 Å². The Hall–Kier alpha value is -0.990. The Balaban J connectivity index is 2.44. The summed E-state index contributed by atoms with van der Waals surface area (Å²) >= 11 is 0. The molecule has 1 aromatic rings. The molecule has 0 aliphatic rings. The number of aromatic amines is 1. The smallest absolute Gasteiger partial charge is 0.200 e. The maximum Gasteiger partial charge on any atom is 0.200 e. The molecule has 0 spiro atoms. The van der Waals surface area contributed by atoms with Crippen LogP contribution in [0.25, 0.3) is 0 Å². The van der Waals surface area contributed by atoms with E-state index < -0.39 is 0 Å². The van der Waals surface area contributed by atoms with E-state index in [0.29, 0.717) is 5.41 Å². The fourth-order valence-corrected chi connectivity index (χ4v) is 0.851. The van der Waals surface area contributed by atoms with Gasteiger partial charge in [0.15, 0.2) is 5.95 Å². The van der Waals surface area contributed by atoms with Gasteiger partial charge in [0.05, 0.1) is 0 Å². The quantitative estimate of drug-likeness (QED) is 0.708. The molecule has 0 amide bonds. The summed E-state index contributed by atoms with van der Waals surface area (Å²) in [6, 6.07) is 0. The van der Waals surface area contributed by atoms with Gasteiger partial charge in [-0.25, -0.2) is 4.98 Å². The van der Waals surface area contributed by atoms with Crippen LogP contribution >= 0.6 is 0 Å². The van der Waals surface area contributed by atoms with Gasteiger partial charge in [0.1, 0.15) is 0 Å². The van der Waals surface area contributed by atoms with Gasteiger partial charge in [0.2, 0.25) is 0 Å². The molecule has 1 aromatic heterocycles. The topological polar surface area (TPSA) is 40.7 Å². The Kier molecular flexibility index (Phi) is 2.40. The molecule has 0 unspecified atom stereocenters. The number of aromatic nitrogens is 2. The Morgan fingerprint density at radius 2 is 2.17 bits per heavy atom. The summed E-state index contributed by atoms with van der Waals surface area (Å²) < 4.78 is 0. The summed E-state index contributed by atoms with van der Waals surface area (Å²) in [5.74, 6) is 0.863. The number of rotatable bonds is 2. The molecule has 0 aliphatic carbocycles. The predicted octanol–water partition coefficient (Wildman–Crippen LogP) is 2.18. The van der Waals surface area contributed by atoms with Crippen LogP contribution in [0.5, 0.6) is 0 Å². The molecule has 0 radical (unpaired) electrons. The molecule has 0 aliphatic heterocycles. The van der Waals surface area contributed by atoms with Gasteiger partial charge >= 0.3 is 0 Å². The average Bonchev–Trinajstić information content (AvgIpc) is 2.30. The lowest BCUT2D eigenvalue weighted by Gasteiger charge is -2.17. The molecule has 3 nitrogen and oxygen atoms in total. The molecule has 12 heavy (non-hydrogen) atoms. The van der Waals surface area contributed by atoms with Crippen LogP contribution in [0.1, 0.15) is 26.5 Å².